The summed E-state index contributed by atoms with van der Waals surface area (Å²) in [6.45, 7) is 3.75. The molecule has 0 amide bonds. The number of hydrogen-bond donors (Lipinski definition) is 0. The zero-order chi connectivity index (χ0) is 17.6. The molecular weight excluding hydrogens is 353 g/mol. The van der Waals surface area contributed by atoms with Crippen molar-refractivity contribution in [2.24, 2.45) is 0 Å². The Hall–Kier alpha value is -1.58. The van der Waals surface area contributed by atoms with Gasteiger partial charge in [-0.25, -0.2) is 14.1 Å². The maximum atomic E-state index is 6.43. The molecule has 5 heteroatoms. The number of halogens is 2. The maximum Gasteiger partial charge on any atom is 0.255 e. The predicted molar refractivity (Wildman–Crippen MR) is 104 cm³/mol. The van der Waals surface area contributed by atoms with E-state index in [1.165, 1.54) is 25.7 Å². The molecule has 0 spiro atoms. The highest BCUT2D eigenvalue weighted by molar-refractivity contribution is 6.39. The van der Waals surface area contributed by atoms with Crippen molar-refractivity contribution in [1.29, 1.82) is 0 Å². The molecule has 0 saturated carbocycles. The fourth-order valence-electron chi connectivity index (χ4n) is 3.03. The van der Waals surface area contributed by atoms with E-state index < -0.39 is 0 Å². The second-order valence-electron chi connectivity index (χ2n) is 6.43. The van der Waals surface area contributed by atoms with Crippen LogP contribution < -0.4 is 4.57 Å². The van der Waals surface area contributed by atoms with E-state index in [1.54, 1.807) is 0 Å². The maximum absolute atomic E-state index is 6.43. The van der Waals surface area contributed by atoms with Gasteiger partial charge in [0.1, 0.15) is 6.54 Å². The molecule has 3 aromatic rings. The molecule has 0 aliphatic rings. The van der Waals surface area contributed by atoms with E-state index in [1.807, 2.05) is 39.7 Å². The quantitative estimate of drug-likeness (QED) is 0.367. The van der Waals surface area contributed by atoms with Gasteiger partial charge in [-0.1, -0.05) is 50.5 Å². The van der Waals surface area contributed by atoms with Crippen molar-refractivity contribution >= 4 is 34.1 Å². The Morgan fingerprint density at radius 2 is 1.80 bits per heavy atom. The van der Waals surface area contributed by atoms with Crippen molar-refractivity contribution in [2.45, 2.75) is 52.1 Å². The van der Waals surface area contributed by atoms with E-state index in [0.717, 1.165) is 29.6 Å². The van der Waals surface area contributed by atoms with Gasteiger partial charge in [0.25, 0.3) is 10.3 Å². The lowest BCUT2D eigenvalue weighted by Crippen LogP contribution is -2.33. The molecule has 0 fully saturated rings. The third-order valence-electron chi connectivity index (χ3n) is 4.44. The Balaban J connectivity index is 1.70. The fraction of sp³-hybridized carbons (Fsp3) is 0.400. The molecule has 0 N–H and O–H groups in total. The number of benzene rings is 1. The first kappa shape index (κ1) is 18.2. The number of fused-ring (bicyclic) bond motifs is 1. The molecular formula is C20H24Cl2N3+. The van der Waals surface area contributed by atoms with Crippen molar-refractivity contribution in [3.8, 4) is 0 Å². The van der Waals surface area contributed by atoms with Gasteiger partial charge in [-0.2, -0.15) is 0 Å². The highest BCUT2D eigenvalue weighted by Crippen LogP contribution is 2.20. The smallest absolute Gasteiger partial charge is 0.249 e. The van der Waals surface area contributed by atoms with Crippen LogP contribution in [-0.4, -0.2) is 9.55 Å². The summed E-state index contributed by atoms with van der Waals surface area (Å²) >= 11 is 12.8. The molecule has 1 aromatic carbocycles. The van der Waals surface area contributed by atoms with Gasteiger partial charge in [-0.15, -0.1) is 0 Å². The third-order valence-corrected chi connectivity index (χ3v) is 5.33. The Morgan fingerprint density at radius 1 is 1.00 bits per heavy atom. The van der Waals surface area contributed by atoms with Crippen LogP contribution in [0.1, 0.15) is 44.7 Å². The molecule has 2 aromatic heterocycles. The summed E-state index contributed by atoms with van der Waals surface area (Å²) in [6, 6.07) is 12.3. The zero-order valence-electron chi connectivity index (χ0n) is 14.6. The molecule has 3 nitrogen and oxygen atoms in total. The second kappa shape index (κ2) is 8.68. The molecule has 0 unspecified atom stereocenters. The molecule has 0 atom stereocenters. The Kier molecular flexibility index (Phi) is 6.33. The molecule has 0 radical (unpaired) electrons. The molecule has 25 heavy (non-hydrogen) atoms. The number of imidazole rings is 1. The van der Waals surface area contributed by atoms with E-state index in [-0.39, 0.29) is 0 Å². The van der Waals surface area contributed by atoms with Crippen LogP contribution in [0.5, 0.6) is 0 Å². The highest BCUT2D eigenvalue weighted by Gasteiger charge is 2.20. The summed E-state index contributed by atoms with van der Waals surface area (Å²) in [4.78, 5) is 4.71. The van der Waals surface area contributed by atoms with Gasteiger partial charge < -0.3 is 0 Å². The summed E-state index contributed by atoms with van der Waals surface area (Å²) in [6.07, 6.45) is 8.19. The minimum Gasteiger partial charge on any atom is -0.249 e. The minimum absolute atomic E-state index is 0.574. The van der Waals surface area contributed by atoms with Crippen LogP contribution in [0, 0.1) is 0 Å². The van der Waals surface area contributed by atoms with Crippen LogP contribution in [0.4, 0.5) is 0 Å². The van der Waals surface area contributed by atoms with Crippen molar-refractivity contribution in [3.63, 3.8) is 0 Å². The summed E-state index contributed by atoms with van der Waals surface area (Å²) in [5, 5.41) is 2.33. The molecule has 0 aliphatic heterocycles. The number of rotatable bonds is 8. The highest BCUT2D eigenvalue weighted by atomic mass is 35.5. The van der Waals surface area contributed by atoms with E-state index in [9.17, 15) is 0 Å². The third kappa shape index (κ3) is 4.53. The van der Waals surface area contributed by atoms with Gasteiger partial charge in [0, 0.05) is 5.39 Å². The van der Waals surface area contributed by atoms with Crippen molar-refractivity contribution in [2.75, 3.05) is 0 Å². The largest absolute Gasteiger partial charge is 0.255 e. The Labute approximate surface area is 159 Å². The minimum atomic E-state index is 0.574. The lowest BCUT2D eigenvalue weighted by atomic mass is 10.1. The SMILES string of the molecule is CCCCCCCn1c[n+](Cc2ccc3ccccc3n2)c(Cl)c1Cl. The molecule has 0 saturated heterocycles. The monoisotopic (exact) mass is 376 g/mol. The lowest BCUT2D eigenvalue weighted by Gasteiger charge is -2.01. The van der Waals surface area contributed by atoms with Crippen LogP contribution >= 0.6 is 23.2 Å². The number of nitrogens with zero attached hydrogens (tertiary/aromatic N) is 3. The number of aromatic nitrogens is 3. The van der Waals surface area contributed by atoms with Gasteiger partial charge in [0.2, 0.25) is 6.33 Å². The number of unbranched alkanes of at least 4 members (excludes halogenated alkanes) is 4. The average molecular weight is 377 g/mol. The van der Waals surface area contributed by atoms with Crippen LogP contribution in [0.2, 0.25) is 10.3 Å². The van der Waals surface area contributed by atoms with E-state index >= 15 is 0 Å². The van der Waals surface area contributed by atoms with E-state index in [0.29, 0.717) is 16.9 Å². The van der Waals surface area contributed by atoms with Gasteiger partial charge in [0.05, 0.1) is 17.8 Å². The summed E-state index contributed by atoms with van der Waals surface area (Å²) in [7, 11) is 0. The summed E-state index contributed by atoms with van der Waals surface area (Å²) < 4.78 is 4.00. The average Bonchev–Trinajstić information content (AvgIpc) is 2.89. The predicted octanol–water partition coefficient (Wildman–Crippen LogP) is 5.65. The van der Waals surface area contributed by atoms with E-state index in [2.05, 4.69) is 19.1 Å². The number of para-hydroxylation sites is 1. The number of aryl methyl sites for hydroxylation is 1. The number of hydrogen-bond acceptors (Lipinski definition) is 1. The van der Waals surface area contributed by atoms with E-state index in [4.69, 9.17) is 28.2 Å². The van der Waals surface area contributed by atoms with Gasteiger partial charge >= 0.3 is 0 Å². The van der Waals surface area contributed by atoms with Crippen LogP contribution in [0.25, 0.3) is 10.9 Å². The van der Waals surface area contributed by atoms with Gasteiger partial charge in [0.15, 0.2) is 0 Å². The lowest BCUT2D eigenvalue weighted by molar-refractivity contribution is -0.686. The molecule has 3 rings (SSSR count). The summed E-state index contributed by atoms with van der Waals surface area (Å²) in [5.74, 6) is 0. The van der Waals surface area contributed by atoms with Crippen molar-refractivity contribution in [3.05, 3.63) is 58.7 Å². The normalized spacial score (nSPS) is 11.3. The molecule has 0 bridgehead atoms. The van der Waals surface area contributed by atoms with Gasteiger partial charge in [-0.05, 0) is 48.2 Å². The first-order valence-corrected chi connectivity index (χ1v) is 9.73. The molecule has 132 valence electrons. The standard InChI is InChI=1S/C20H24Cl2N3/c1-2-3-4-5-8-13-24-15-25(20(22)19(24)21)14-17-12-11-16-9-6-7-10-18(16)23-17/h6-7,9-12,15H,2-5,8,13-14H2,1H3/q+1. The van der Waals surface area contributed by atoms with Crippen LogP contribution in [0.3, 0.4) is 0 Å². The number of pyridine rings is 1. The van der Waals surface area contributed by atoms with Crippen molar-refractivity contribution < 1.29 is 4.57 Å². The first-order chi connectivity index (χ1) is 12.2. The first-order valence-electron chi connectivity index (χ1n) is 8.97. The van der Waals surface area contributed by atoms with Crippen LogP contribution in [0.15, 0.2) is 42.7 Å². The Morgan fingerprint density at radius 3 is 2.64 bits per heavy atom. The summed E-state index contributed by atoms with van der Waals surface area (Å²) in [5.41, 5.74) is 1.97. The second-order valence-corrected chi connectivity index (χ2v) is 7.14. The van der Waals surface area contributed by atoms with Gasteiger partial charge in [-0.3, -0.25) is 0 Å². The molecule has 0 aliphatic carbocycles. The van der Waals surface area contributed by atoms with Crippen LogP contribution in [-0.2, 0) is 13.1 Å². The topological polar surface area (TPSA) is 21.7 Å². The van der Waals surface area contributed by atoms with Crippen molar-refractivity contribution in [1.82, 2.24) is 9.55 Å². The zero-order valence-corrected chi connectivity index (χ0v) is 16.1. The molecule has 2 heterocycles. The Bertz CT molecular complexity index is 842. The fourth-order valence-corrected chi connectivity index (χ4v) is 3.48.